The SMILES string of the molecule is COc1ccccc1Nc1nc(C)cc(C(=O)Nc2ccccc2C#N)n1. The maximum Gasteiger partial charge on any atom is 0.274 e. The van der Waals surface area contributed by atoms with Gasteiger partial charge >= 0.3 is 0 Å². The molecule has 0 spiro atoms. The number of nitrogens with zero attached hydrogens (tertiary/aromatic N) is 3. The van der Waals surface area contributed by atoms with Crippen molar-refractivity contribution in [2.24, 2.45) is 0 Å². The number of aromatic nitrogens is 2. The lowest BCUT2D eigenvalue weighted by molar-refractivity contribution is 0.102. The van der Waals surface area contributed by atoms with Gasteiger partial charge < -0.3 is 15.4 Å². The highest BCUT2D eigenvalue weighted by Gasteiger charge is 2.13. The monoisotopic (exact) mass is 359 g/mol. The summed E-state index contributed by atoms with van der Waals surface area (Å²) in [6.45, 7) is 1.77. The Kier molecular flexibility index (Phi) is 5.28. The lowest BCUT2D eigenvalue weighted by Gasteiger charge is -2.11. The molecule has 0 aliphatic heterocycles. The van der Waals surface area contributed by atoms with Gasteiger partial charge in [0.05, 0.1) is 24.0 Å². The van der Waals surface area contributed by atoms with Crippen molar-refractivity contribution in [2.45, 2.75) is 6.92 Å². The van der Waals surface area contributed by atoms with E-state index < -0.39 is 5.91 Å². The quantitative estimate of drug-likeness (QED) is 0.721. The van der Waals surface area contributed by atoms with Gasteiger partial charge in [-0.2, -0.15) is 5.26 Å². The number of anilines is 3. The first kappa shape index (κ1) is 17.9. The Morgan fingerprint density at radius 2 is 1.78 bits per heavy atom. The number of nitrogens with one attached hydrogen (secondary N) is 2. The molecule has 0 aliphatic rings. The second kappa shape index (κ2) is 7.97. The largest absolute Gasteiger partial charge is 0.495 e. The first-order chi connectivity index (χ1) is 13.1. The molecule has 0 radical (unpaired) electrons. The van der Waals surface area contributed by atoms with Crippen molar-refractivity contribution in [1.82, 2.24) is 9.97 Å². The molecule has 0 saturated heterocycles. The summed E-state index contributed by atoms with van der Waals surface area (Å²) >= 11 is 0. The van der Waals surface area contributed by atoms with Gasteiger partial charge in [0.1, 0.15) is 17.5 Å². The zero-order valence-corrected chi connectivity index (χ0v) is 14.9. The number of para-hydroxylation sites is 3. The third kappa shape index (κ3) is 4.19. The Morgan fingerprint density at radius 1 is 1.07 bits per heavy atom. The molecule has 7 nitrogen and oxygen atoms in total. The second-order valence-corrected chi connectivity index (χ2v) is 5.65. The highest BCUT2D eigenvalue weighted by atomic mass is 16.5. The average Bonchev–Trinajstić information content (AvgIpc) is 2.68. The predicted molar refractivity (Wildman–Crippen MR) is 102 cm³/mol. The van der Waals surface area contributed by atoms with Crippen molar-refractivity contribution in [2.75, 3.05) is 17.7 Å². The number of carbonyl (C=O) groups excluding carboxylic acids is 1. The lowest BCUT2D eigenvalue weighted by Crippen LogP contribution is -2.16. The fourth-order valence-corrected chi connectivity index (χ4v) is 2.49. The number of aryl methyl sites for hydroxylation is 1. The van der Waals surface area contributed by atoms with Gasteiger partial charge in [0, 0.05) is 5.69 Å². The van der Waals surface area contributed by atoms with Crippen LogP contribution in [0, 0.1) is 18.3 Å². The zero-order valence-electron chi connectivity index (χ0n) is 14.9. The van der Waals surface area contributed by atoms with Gasteiger partial charge in [0.15, 0.2) is 0 Å². The van der Waals surface area contributed by atoms with E-state index in [1.54, 1.807) is 44.4 Å². The topological polar surface area (TPSA) is 99.9 Å². The second-order valence-electron chi connectivity index (χ2n) is 5.65. The van der Waals surface area contributed by atoms with Gasteiger partial charge in [-0.15, -0.1) is 0 Å². The number of methoxy groups -OCH3 is 1. The van der Waals surface area contributed by atoms with E-state index in [2.05, 4.69) is 20.6 Å². The van der Waals surface area contributed by atoms with Crippen molar-refractivity contribution in [3.05, 3.63) is 71.5 Å². The Morgan fingerprint density at radius 3 is 2.52 bits per heavy atom. The van der Waals surface area contributed by atoms with Gasteiger partial charge in [-0.3, -0.25) is 4.79 Å². The number of amides is 1. The number of ether oxygens (including phenoxy) is 1. The van der Waals surface area contributed by atoms with Crippen LogP contribution in [0.3, 0.4) is 0 Å². The van der Waals surface area contributed by atoms with Crippen LogP contribution in [0.2, 0.25) is 0 Å². The fourth-order valence-electron chi connectivity index (χ4n) is 2.49. The van der Waals surface area contributed by atoms with Gasteiger partial charge in [0.2, 0.25) is 5.95 Å². The van der Waals surface area contributed by atoms with Gasteiger partial charge in [-0.05, 0) is 37.3 Å². The van der Waals surface area contributed by atoms with Crippen LogP contribution in [0.4, 0.5) is 17.3 Å². The molecule has 0 unspecified atom stereocenters. The number of rotatable bonds is 5. The Balaban J connectivity index is 1.87. The Hall–Kier alpha value is -3.92. The molecule has 3 aromatic rings. The lowest BCUT2D eigenvalue weighted by atomic mass is 10.2. The zero-order chi connectivity index (χ0) is 19.2. The first-order valence-electron chi connectivity index (χ1n) is 8.17. The summed E-state index contributed by atoms with van der Waals surface area (Å²) in [5, 5.41) is 14.9. The Bertz CT molecular complexity index is 1030. The smallest absolute Gasteiger partial charge is 0.274 e. The van der Waals surface area contributed by atoms with E-state index in [9.17, 15) is 4.79 Å². The highest BCUT2D eigenvalue weighted by Crippen LogP contribution is 2.25. The molecule has 2 aromatic carbocycles. The van der Waals surface area contributed by atoms with Crippen LogP contribution >= 0.6 is 0 Å². The molecular weight excluding hydrogens is 342 g/mol. The maximum atomic E-state index is 12.6. The molecule has 27 heavy (non-hydrogen) atoms. The van der Waals surface area contributed by atoms with Crippen molar-refractivity contribution in [1.29, 1.82) is 5.26 Å². The van der Waals surface area contributed by atoms with Crippen LogP contribution in [-0.4, -0.2) is 23.0 Å². The number of nitriles is 1. The summed E-state index contributed by atoms with van der Waals surface area (Å²) in [6.07, 6.45) is 0. The minimum absolute atomic E-state index is 0.188. The number of carbonyl (C=O) groups is 1. The molecule has 1 aromatic heterocycles. The predicted octanol–water partition coefficient (Wildman–Crippen LogP) is 3.66. The van der Waals surface area contributed by atoms with Gasteiger partial charge in [0.25, 0.3) is 5.91 Å². The van der Waals surface area contributed by atoms with E-state index in [1.165, 1.54) is 0 Å². The maximum absolute atomic E-state index is 12.6. The van der Waals surface area contributed by atoms with Crippen molar-refractivity contribution < 1.29 is 9.53 Å². The van der Waals surface area contributed by atoms with E-state index in [1.807, 2.05) is 30.3 Å². The third-order valence-electron chi connectivity index (χ3n) is 3.74. The molecule has 0 fully saturated rings. The van der Waals surface area contributed by atoms with Crippen LogP contribution in [0.5, 0.6) is 5.75 Å². The van der Waals surface area contributed by atoms with E-state index in [0.717, 1.165) is 0 Å². The van der Waals surface area contributed by atoms with Crippen molar-refractivity contribution >= 4 is 23.2 Å². The number of benzene rings is 2. The van der Waals surface area contributed by atoms with Crippen molar-refractivity contribution in [3.63, 3.8) is 0 Å². The summed E-state index contributed by atoms with van der Waals surface area (Å²) in [4.78, 5) is 21.2. The van der Waals surface area contributed by atoms with Crippen LogP contribution < -0.4 is 15.4 Å². The molecular formula is C20H17N5O2. The molecule has 2 N–H and O–H groups in total. The van der Waals surface area contributed by atoms with Gasteiger partial charge in [-0.1, -0.05) is 24.3 Å². The van der Waals surface area contributed by atoms with E-state index in [4.69, 9.17) is 10.00 Å². The summed E-state index contributed by atoms with van der Waals surface area (Å²) < 4.78 is 5.30. The first-order valence-corrected chi connectivity index (χ1v) is 8.17. The molecule has 0 aliphatic carbocycles. The van der Waals surface area contributed by atoms with E-state index >= 15 is 0 Å². The highest BCUT2D eigenvalue weighted by molar-refractivity contribution is 6.03. The molecule has 0 atom stereocenters. The Labute approximate surface area is 156 Å². The standard InChI is InChI=1S/C20H17N5O2/c1-13-11-17(19(26)23-15-8-4-3-7-14(15)12-21)25-20(22-13)24-16-9-5-6-10-18(16)27-2/h3-11H,1-2H3,(H,23,26)(H,22,24,25). The van der Waals surface area contributed by atoms with Crippen LogP contribution in [-0.2, 0) is 0 Å². The molecule has 0 bridgehead atoms. The average molecular weight is 359 g/mol. The van der Waals surface area contributed by atoms with Crippen LogP contribution in [0.15, 0.2) is 54.6 Å². The van der Waals surface area contributed by atoms with Gasteiger partial charge in [-0.25, -0.2) is 9.97 Å². The molecule has 7 heteroatoms. The van der Waals surface area contributed by atoms with E-state index in [-0.39, 0.29) is 11.6 Å². The summed E-state index contributed by atoms with van der Waals surface area (Å²) in [6, 6.07) is 17.8. The molecule has 3 rings (SSSR count). The molecule has 1 amide bonds. The van der Waals surface area contributed by atoms with Crippen molar-refractivity contribution in [3.8, 4) is 11.8 Å². The fraction of sp³-hybridized carbons (Fsp3) is 0.100. The third-order valence-corrected chi connectivity index (χ3v) is 3.74. The molecule has 134 valence electrons. The van der Waals surface area contributed by atoms with E-state index in [0.29, 0.717) is 28.4 Å². The summed E-state index contributed by atoms with van der Waals surface area (Å²) in [5.41, 5.74) is 2.31. The van der Waals surface area contributed by atoms with Crippen LogP contribution in [0.25, 0.3) is 0 Å². The summed E-state index contributed by atoms with van der Waals surface area (Å²) in [7, 11) is 1.57. The normalized spacial score (nSPS) is 9.96. The minimum Gasteiger partial charge on any atom is -0.495 e. The van der Waals surface area contributed by atoms with Crippen LogP contribution in [0.1, 0.15) is 21.7 Å². The molecule has 0 saturated carbocycles. The number of hydrogen-bond donors (Lipinski definition) is 2. The molecule has 1 heterocycles. The summed E-state index contributed by atoms with van der Waals surface area (Å²) in [5.74, 6) is 0.487. The minimum atomic E-state index is -0.425. The number of hydrogen-bond acceptors (Lipinski definition) is 6.